The number of nitrogens with one attached hydrogen (secondary N) is 1. The van der Waals surface area contributed by atoms with Crippen LogP contribution in [0.2, 0.25) is 0 Å². The average Bonchev–Trinajstić information content (AvgIpc) is 3.25. The largest absolute Gasteiger partial charge is 0.480 e. The predicted octanol–water partition coefficient (Wildman–Crippen LogP) is 1.22. The standard InChI is InChI=1S/C14H24N2O5/c1-4-9(3)12(13(18)19)15-14(20)16(10-6-7-10)8-11(17)21-5-2/h9-10,12H,4-8H2,1-3H3,(H,15,20)(H,18,19)/t9-,12-/m0/s1. The third kappa shape index (κ3) is 5.24. The van der Waals surface area contributed by atoms with Crippen LogP contribution >= 0.6 is 0 Å². The van der Waals surface area contributed by atoms with Gasteiger partial charge < -0.3 is 20.1 Å². The van der Waals surface area contributed by atoms with Crippen molar-refractivity contribution in [1.29, 1.82) is 0 Å². The minimum atomic E-state index is -1.07. The monoisotopic (exact) mass is 300 g/mol. The number of nitrogens with zero attached hydrogens (tertiary/aromatic N) is 1. The Bertz CT molecular complexity index is 395. The minimum absolute atomic E-state index is 0.000726. The van der Waals surface area contributed by atoms with Crippen molar-refractivity contribution in [2.75, 3.05) is 13.2 Å². The molecule has 0 aromatic rings. The second kappa shape index (κ2) is 7.85. The zero-order valence-electron chi connectivity index (χ0n) is 12.8. The van der Waals surface area contributed by atoms with E-state index in [0.29, 0.717) is 6.42 Å². The predicted molar refractivity (Wildman–Crippen MR) is 75.8 cm³/mol. The van der Waals surface area contributed by atoms with Crippen LogP contribution in [-0.4, -0.2) is 53.2 Å². The molecular formula is C14H24N2O5. The Hall–Kier alpha value is -1.79. The number of ether oxygens (including phenoxy) is 1. The van der Waals surface area contributed by atoms with E-state index >= 15 is 0 Å². The summed E-state index contributed by atoms with van der Waals surface area (Å²) in [6, 6.07) is -1.47. The van der Waals surface area contributed by atoms with Crippen LogP contribution in [0.25, 0.3) is 0 Å². The van der Waals surface area contributed by atoms with E-state index in [2.05, 4.69) is 5.32 Å². The lowest BCUT2D eigenvalue weighted by molar-refractivity contribution is -0.143. The Morgan fingerprint density at radius 3 is 2.38 bits per heavy atom. The van der Waals surface area contributed by atoms with Gasteiger partial charge in [0.2, 0.25) is 0 Å². The van der Waals surface area contributed by atoms with Gasteiger partial charge in [-0.25, -0.2) is 9.59 Å². The van der Waals surface area contributed by atoms with Crippen molar-refractivity contribution in [2.45, 2.75) is 52.1 Å². The Labute approximate surface area is 124 Å². The molecule has 1 aliphatic rings. The first-order valence-electron chi connectivity index (χ1n) is 7.36. The Morgan fingerprint density at radius 2 is 1.95 bits per heavy atom. The molecule has 0 aliphatic heterocycles. The van der Waals surface area contributed by atoms with E-state index in [4.69, 9.17) is 4.74 Å². The molecule has 1 saturated carbocycles. The number of hydrogen-bond acceptors (Lipinski definition) is 4. The van der Waals surface area contributed by atoms with Crippen molar-refractivity contribution in [2.24, 2.45) is 5.92 Å². The highest BCUT2D eigenvalue weighted by Gasteiger charge is 2.36. The molecule has 21 heavy (non-hydrogen) atoms. The zero-order chi connectivity index (χ0) is 16.0. The molecule has 0 aromatic heterocycles. The van der Waals surface area contributed by atoms with Gasteiger partial charge in [-0.05, 0) is 25.7 Å². The number of carbonyl (C=O) groups excluding carboxylic acids is 2. The Kier molecular flexibility index (Phi) is 6.45. The van der Waals surface area contributed by atoms with E-state index in [0.717, 1.165) is 12.8 Å². The molecule has 0 heterocycles. The third-order valence-electron chi connectivity index (χ3n) is 3.61. The van der Waals surface area contributed by atoms with E-state index in [1.54, 1.807) is 13.8 Å². The van der Waals surface area contributed by atoms with Gasteiger partial charge >= 0.3 is 18.0 Å². The molecule has 0 spiro atoms. The SMILES string of the molecule is CCOC(=O)CN(C(=O)N[C@H](C(=O)O)[C@@H](C)CC)C1CC1. The molecule has 0 radical (unpaired) electrons. The van der Waals surface area contributed by atoms with Crippen LogP contribution in [0, 0.1) is 5.92 Å². The maximum atomic E-state index is 12.2. The number of carboxylic acid groups (broad SMARTS) is 1. The van der Waals surface area contributed by atoms with Crippen molar-refractivity contribution < 1.29 is 24.2 Å². The molecule has 0 unspecified atom stereocenters. The maximum Gasteiger partial charge on any atom is 0.326 e. The molecule has 7 nitrogen and oxygen atoms in total. The second-order valence-corrected chi connectivity index (χ2v) is 5.32. The summed E-state index contributed by atoms with van der Waals surface area (Å²) in [7, 11) is 0. The molecule has 2 amide bonds. The van der Waals surface area contributed by atoms with Gasteiger partial charge in [0.1, 0.15) is 12.6 Å². The molecule has 0 saturated heterocycles. The maximum absolute atomic E-state index is 12.2. The quantitative estimate of drug-likeness (QED) is 0.657. The van der Waals surface area contributed by atoms with Crippen molar-refractivity contribution in [3.05, 3.63) is 0 Å². The summed E-state index contributed by atoms with van der Waals surface area (Å²) in [5, 5.41) is 11.7. The summed E-state index contributed by atoms with van der Waals surface area (Å²) in [6.45, 7) is 5.44. The van der Waals surface area contributed by atoms with Crippen LogP contribution in [0.5, 0.6) is 0 Å². The first-order valence-corrected chi connectivity index (χ1v) is 7.36. The van der Waals surface area contributed by atoms with E-state index in [1.165, 1.54) is 4.90 Å². The highest BCUT2D eigenvalue weighted by molar-refractivity contribution is 5.85. The smallest absolute Gasteiger partial charge is 0.326 e. The number of urea groups is 1. The molecule has 120 valence electrons. The van der Waals surface area contributed by atoms with E-state index in [1.807, 2.05) is 6.92 Å². The van der Waals surface area contributed by atoms with Gasteiger partial charge in [-0.3, -0.25) is 4.79 Å². The van der Waals surface area contributed by atoms with Crippen molar-refractivity contribution in [1.82, 2.24) is 10.2 Å². The lowest BCUT2D eigenvalue weighted by Crippen LogP contribution is -2.52. The Morgan fingerprint density at radius 1 is 1.33 bits per heavy atom. The van der Waals surface area contributed by atoms with Gasteiger partial charge in [-0.2, -0.15) is 0 Å². The summed E-state index contributed by atoms with van der Waals surface area (Å²) < 4.78 is 4.84. The fourth-order valence-electron chi connectivity index (χ4n) is 2.00. The van der Waals surface area contributed by atoms with E-state index in [-0.39, 0.29) is 25.1 Å². The summed E-state index contributed by atoms with van der Waals surface area (Å²) in [5.41, 5.74) is 0. The summed E-state index contributed by atoms with van der Waals surface area (Å²) in [6.07, 6.45) is 2.29. The van der Waals surface area contributed by atoms with E-state index in [9.17, 15) is 19.5 Å². The average molecular weight is 300 g/mol. The van der Waals surface area contributed by atoms with E-state index < -0.39 is 24.0 Å². The van der Waals surface area contributed by atoms with Crippen LogP contribution in [0.15, 0.2) is 0 Å². The summed E-state index contributed by atoms with van der Waals surface area (Å²) in [4.78, 5) is 36.4. The van der Waals surface area contributed by atoms with Crippen molar-refractivity contribution >= 4 is 18.0 Å². The minimum Gasteiger partial charge on any atom is -0.480 e. The number of esters is 1. The molecule has 2 N–H and O–H groups in total. The van der Waals surface area contributed by atoms with Crippen LogP contribution in [0.4, 0.5) is 4.79 Å². The summed E-state index contributed by atoms with van der Waals surface area (Å²) >= 11 is 0. The molecule has 1 rings (SSSR count). The number of amides is 2. The number of carbonyl (C=O) groups is 3. The highest BCUT2D eigenvalue weighted by Crippen LogP contribution is 2.27. The second-order valence-electron chi connectivity index (χ2n) is 5.32. The fraction of sp³-hybridized carbons (Fsp3) is 0.786. The number of hydrogen-bond donors (Lipinski definition) is 2. The fourth-order valence-corrected chi connectivity index (χ4v) is 2.00. The first kappa shape index (κ1) is 17.3. The van der Waals surface area contributed by atoms with Crippen LogP contribution in [0.3, 0.4) is 0 Å². The molecule has 1 fully saturated rings. The Balaban J connectivity index is 2.67. The van der Waals surface area contributed by atoms with Crippen LogP contribution < -0.4 is 5.32 Å². The third-order valence-corrected chi connectivity index (χ3v) is 3.61. The van der Waals surface area contributed by atoms with Crippen LogP contribution in [-0.2, 0) is 14.3 Å². The lowest BCUT2D eigenvalue weighted by Gasteiger charge is -2.26. The van der Waals surface area contributed by atoms with Gasteiger partial charge in [-0.1, -0.05) is 20.3 Å². The first-order chi connectivity index (χ1) is 9.90. The normalized spacial score (nSPS) is 16.7. The molecule has 7 heteroatoms. The molecule has 2 atom stereocenters. The van der Waals surface area contributed by atoms with Gasteiger partial charge in [0.15, 0.2) is 0 Å². The molecule has 0 aromatic carbocycles. The van der Waals surface area contributed by atoms with Gasteiger partial charge in [0.05, 0.1) is 6.61 Å². The van der Waals surface area contributed by atoms with Gasteiger partial charge in [-0.15, -0.1) is 0 Å². The molecule has 1 aliphatic carbocycles. The van der Waals surface area contributed by atoms with Crippen LogP contribution in [0.1, 0.15) is 40.0 Å². The highest BCUT2D eigenvalue weighted by atomic mass is 16.5. The zero-order valence-corrected chi connectivity index (χ0v) is 12.8. The number of rotatable bonds is 8. The molecule has 0 bridgehead atoms. The topological polar surface area (TPSA) is 95.9 Å². The van der Waals surface area contributed by atoms with Crippen molar-refractivity contribution in [3.63, 3.8) is 0 Å². The van der Waals surface area contributed by atoms with Gasteiger partial charge in [0, 0.05) is 6.04 Å². The lowest BCUT2D eigenvalue weighted by atomic mass is 9.99. The molecular weight excluding hydrogens is 276 g/mol. The van der Waals surface area contributed by atoms with Crippen molar-refractivity contribution in [3.8, 4) is 0 Å². The summed E-state index contributed by atoms with van der Waals surface area (Å²) in [5.74, 6) is -1.73. The number of aliphatic carboxylic acids is 1. The number of carboxylic acids is 1. The van der Waals surface area contributed by atoms with Gasteiger partial charge in [0.25, 0.3) is 0 Å².